The van der Waals surface area contributed by atoms with Crippen LogP contribution in [0.25, 0.3) is 0 Å². The number of carbonyl (C=O) groups excluding carboxylic acids is 3. The first-order valence-electron chi connectivity index (χ1n) is 11.0. The summed E-state index contributed by atoms with van der Waals surface area (Å²) in [5.41, 5.74) is 4.64. The van der Waals surface area contributed by atoms with Gasteiger partial charge < -0.3 is 4.90 Å². The average Bonchev–Trinajstić information content (AvgIpc) is 3.05. The van der Waals surface area contributed by atoms with Gasteiger partial charge in [-0.2, -0.15) is 0 Å². The molecular weight excluding hydrogens is 376 g/mol. The molecule has 2 bridgehead atoms. The molecule has 7 rings (SSSR count). The summed E-state index contributed by atoms with van der Waals surface area (Å²) in [5, 5.41) is 0. The van der Waals surface area contributed by atoms with Gasteiger partial charge >= 0.3 is 0 Å². The Morgan fingerprint density at radius 3 is 1.60 bits per heavy atom. The van der Waals surface area contributed by atoms with Gasteiger partial charge in [-0.05, 0) is 41.5 Å². The summed E-state index contributed by atoms with van der Waals surface area (Å²) in [5.74, 6) is -1.47. The molecule has 5 aliphatic rings. The fraction of sp³-hybridized carbons (Fsp3) is 0.400. The second kappa shape index (κ2) is 6.53. The highest BCUT2D eigenvalue weighted by Gasteiger charge is 2.61. The third-order valence-electron chi connectivity index (χ3n) is 7.54. The van der Waals surface area contributed by atoms with Gasteiger partial charge in [0.25, 0.3) is 0 Å². The van der Waals surface area contributed by atoms with E-state index in [4.69, 9.17) is 0 Å². The second-order valence-corrected chi connectivity index (χ2v) is 8.97. The lowest BCUT2D eigenvalue weighted by molar-refractivity contribution is -0.147. The molecule has 0 unspecified atom stereocenters. The molecule has 2 aliphatic heterocycles. The Hall–Kier alpha value is -2.95. The van der Waals surface area contributed by atoms with Crippen molar-refractivity contribution in [3.05, 3.63) is 70.8 Å². The van der Waals surface area contributed by atoms with E-state index in [1.807, 2.05) is 29.2 Å². The third-order valence-corrected chi connectivity index (χ3v) is 7.54. The van der Waals surface area contributed by atoms with Crippen molar-refractivity contribution in [2.24, 2.45) is 11.8 Å². The lowest BCUT2D eigenvalue weighted by Gasteiger charge is -2.45. The van der Waals surface area contributed by atoms with Gasteiger partial charge in [0.05, 0.1) is 11.8 Å². The number of amides is 3. The summed E-state index contributed by atoms with van der Waals surface area (Å²) < 4.78 is 0. The molecule has 3 amide bonds. The van der Waals surface area contributed by atoms with Crippen LogP contribution in [0.2, 0.25) is 0 Å². The van der Waals surface area contributed by atoms with Crippen LogP contribution >= 0.6 is 0 Å². The van der Waals surface area contributed by atoms with E-state index in [1.165, 1.54) is 4.90 Å². The largest absolute Gasteiger partial charge is 0.341 e. The third kappa shape index (κ3) is 2.32. The minimum Gasteiger partial charge on any atom is -0.341 e. The first kappa shape index (κ1) is 17.9. The first-order valence-corrected chi connectivity index (χ1v) is 11.0. The van der Waals surface area contributed by atoms with Crippen LogP contribution in [0.4, 0.5) is 0 Å². The number of likely N-dealkylation sites (tertiary alicyclic amines) is 2. The van der Waals surface area contributed by atoms with E-state index < -0.39 is 11.8 Å². The Kier molecular flexibility index (Phi) is 3.89. The summed E-state index contributed by atoms with van der Waals surface area (Å²) in [4.78, 5) is 42.9. The molecule has 2 aromatic rings. The standard InChI is InChI=1S/C25H24N2O3/c28-19(26-12-6-1-7-13-26)14-27-24(29)22-20-15-8-2-3-9-16(15)21(23(22)25(27)30)18-11-5-4-10-17(18)20/h2-5,8-11,20-23H,1,6-7,12-14H2/t20?,21?,22-,23-/m1/s1. The van der Waals surface area contributed by atoms with E-state index in [1.54, 1.807) is 0 Å². The molecule has 2 atom stereocenters. The van der Waals surface area contributed by atoms with Crippen molar-refractivity contribution in [2.75, 3.05) is 19.6 Å². The number of piperidine rings is 1. The normalized spacial score (nSPS) is 28.9. The van der Waals surface area contributed by atoms with Gasteiger partial charge in [0.15, 0.2) is 0 Å². The number of carbonyl (C=O) groups is 3. The predicted octanol–water partition coefficient (Wildman–Crippen LogP) is 2.89. The predicted molar refractivity (Wildman–Crippen MR) is 111 cm³/mol. The van der Waals surface area contributed by atoms with Crippen LogP contribution in [-0.4, -0.2) is 47.2 Å². The van der Waals surface area contributed by atoms with Crippen molar-refractivity contribution in [1.29, 1.82) is 0 Å². The van der Waals surface area contributed by atoms with Crippen molar-refractivity contribution in [1.82, 2.24) is 9.80 Å². The van der Waals surface area contributed by atoms with Crippen LogP contribution in [0, 0.1) is 11.8 Å². The van der Waals surface area contributed by atoms with E-state index in [9.17, 15) is 14.4 Å². The summed E-state index contributed by atoms with van der Waals surface area (Å²) in [6, 6.07) is 16.4. The fourth-order valence-electron chi connectivity index (χ4n) is 6.27. The summed E-state index contributed by atoms with van der Waals surface area (Å²) in [6.45, 7) is 1.34. The van der Waals surface area contributed by atoms with Gasteiger partial charge in [0, 0.05) is 24.9 Å². The van der Waals surface area contributed by atoms with Crippen LogP contribution in [0.5, 0.6) is 0 Å². The molecule has 2 saturated heterocycles. The average molecular weight is 400 g/mol. The lowest BCUT2D eigenvalue weighted by Crippen LogP contribution is -2.45. The minimum absolute atomic E-state index is 0.0996. The van der Waals surface area contributed by atoms with Gasteiger partial charge in [-0.15, -0.1) is 0 Å². The van der Waals surface area contributed by atoms with Gasteiger partial charge in [0.2, 0.25) is 17.7 Å². The Bertz CT molecular complexity index is 956. The molecule has 3 aliphatic carbocycles. The highest BCUT2D eigenvalue weighted by atomic mass is 16.2. The molecule has 2 aromatic carbocycles. The monoisotopic (exact) mass is 400 g/mol. The maximum absolute atomic E-state index is 13.5. The van der Waals surface area contributed by atoms with Gasteiger partial charge in [-0.25, -0.2) is 0 Å². The van der Waals surface area contributed by atoms with Crippen LogP contribution in [0.3, 0.4) is 0 Å². The summed E-state index contributed by atoms with van der Waals surface area (Å²) in [7, 11) is 0. The summed E-state index contributed by atoms with van der Waals surface area (Å²) >= 11 is 0. The number of nitrogens with zero attached hydrogens (tertiary/aromatic N) is 2. The van der Waals surface area contributed by atoms with Gasteiger partial charge in [-0.3, -0.25) is 19.3 Å². The summed E-state index contributed by atoms with van der Waals surface area (Å²) in [6.07, 6.45) is 3.12. The molecular formula is C25H24N2O3. The van der Waals surface area contributed by atoms with E-state index in [0.717, 1.165) is 54.6 Å². The van der Waals surface area contributed by atoms with Gasteiger partial charge in [0.1, 0.15) is 6.54 Å². The zero-order valence-corrected chi connectivity index (χ0v) is 16.8. The Labute approximate surface area is 175 Å². The SMILES string of the molecule is O=C(CN1C(=O)[C@@H]2C3c4ccccc4C(c4ccccc43)[C@H]2C1=O)N1CCCCC1. The Morgan fingerprint density at radius 1 is 0.733 bits per heavy atom. The first-order chi connectivity index (χ1) is 14.7. The molecule has 30 heavy (non-hydrogen) atoms. The van der Waals surface area contributed by atoms with Crippen molar-refractivity contribution in [3.63, 3.8) is 0 Å². The molecule has 0 spiro atoms. The quantitative estimate of drug-likeness (QED) is 0.729. The van der Waals surface area contributed by atoms with Crippen LogP contribution < -0.4 is 0 Å². The maximum Gasteiger partial charge on any atom is 0.242 e. The highest BCUT2D eigenvalue weighted by molar-refractivity contribution is 6.09. The number of benzene rings is 2. The van der Waals surface area contributed by atoms with Crippen molar-refractivity contribution in [2.45, 2.75) is 31.1 Å². The number of imide groups is 1. The molecule has 2 heterocycles. The molecule has 0 aromatic heterocycles. The molecule has 152 valence electrons. The van der Waals surface area contributed by atoms with E-state index in [-0.39, 0.29) is 36.1 Å². The highest BCUT2D eigenvalue weighted by Crippen LogP contribution is 2.60. The lowest BCUT2D eigenvalue weighted by atomic mass is 9.55. The maximum atomic E-state index is 13.5. The topological polar surface area (TPSA) is 57.7 Å². The van der Waals surface area contributed by atoms with Crippen molar-refractivity contribution in [3.8, 4) is 0 Å². The molecule has 2 fully saturated rings. The zero-order chi connectivity index (χ0) is 20.4. The smallest absolute Gasteiger partial charge is 0.242 e. The van der Waals surface area contributed by atoms with Crippen LogP contribution in [0.15, 0.2) is 48.5 Å². The zero-order valence-electron chi connectivity index (χ0n) is 16.8. The fourth-order valence-corrected chi connectivity index (χ4v) is 6.27. The number of hydrogen-bond donors (Lipinski definition) is 0. The van der Waals surface area contributed by atoms with Crippen molar-refractivity contribution >= 4 is 17.7 Å². The van der Waals surface area contributed by atoms with E-state index in [2.05, 4.69) is 24.3 Å². The number of rotatable bonds is 2. The molecule has 0 saturated carbocycles. The van der Waals surface area contributed by atoms with E-state index >= 15 is 0 Å². The molecule has 0 radical (unpaired) electrons. The second-order valence-electron chi connectivity index (χ2n) is 8.97. The van der Waals surface area contributed by atoms with Crippen LogP contribution in [0.1, 0.15) is 53.4 Å². The van der Waals surface area contributed by atoms with Gasteiger partial charge in [-0.1, -0.05) is 48.5 Å². The molecule has 5 nitrogen and oxygen atoms in total. The minimum atomic E-state index is -0.401. The number of hydrogen-bond acceptors (Lipinski definition) is 3. The Balaban J connectivity index is 1.39. The molecule has 5 heteroatoms. The van der Waals surface area contributed by atoms with Crippen molar-refractivity contribution < 1.29 is 14.4 Å². The Morgan fingerprint density at radius 2 is 1.17 bits per heavy atom. The van der Waals surface area contributed by atoms with E-state index in [0.29, 0.717) is 0 Å². The van der Waals surface area contributed by atoms with Crippen LogP contribution in [-0.2, 0) is 14.4 Å². The molecule has 0 N–H and O–H groups in total.